The summed E-state index contributed by atoms with van der Waals surface area (Å²) in [6, 6.07) is 0.994. The molecule has 1 aliphatic carbocycles. The summed E-state index contributed by atoms with van der Waals surface area (Å²) in [5.41, 5.74) is 5.44. The fraction of sp³-hybridized carbons (Fsp3) is 0.929. The van der Waals surface area contributed by atoms with Gasteiger partial charge >= 0.3 is 6.09 Å². The number of carbonyl (C=O) groups excluding carboxylic acids is 1. The molecule has 1 aliphatic rings. The molecule has 0 unspecified atom stereocenters. The van der Waals surface area contributed by atoms with Crippen LogP contribution in [0.25, 0.3) is 0 Å². The van der Waals surface area contributed by atoms with E-state index in [1.807, 2.05) is 20.8 Å². The molecule has 0 spiro atoms. The maximum Gasteiger partial charge on any atom is 0.407 e. The molecule has 0 heterocycles. The molecule has 19 heavy (non-hydrogen) atoms. The second-order valence-electron chi connectivity index (χ2n) is 6.35. The van der Waals surface area contributed by atoms with Gasteiger partial charge in [-0.05, 0) is 59.4 Å². The Labute approximate surface area is 116 Å². The molecule has 5 nitrogen and oxygen atoms in total. The van der Waals surface area contributed by atoms with Crippen LogP contribution >= 0.6 is 0 Å². The van der Waals surface area contributed by atoms with Crippen molar-refractivity contribution in [3.63, 3.8) is 0 Å². The minimum absolute atomic E-state index is 0.337. The van der Waals surface area contributed by atoms with Crippen LogP contribution < -0.4 is 16.4 Å². The molecule has 0 aromatic carbocycles. The lowest BCUT2D eigenvalue weighted by molar-refractivity contribution is 0.0527. The lowest BCUT2D eigenvalue weighted by atomic mass is 9.92. The summed E-state index contributed by atoms with van der Waals surface area (Å²) in [6.07, 6.45) is 5.15. The Morgan fingerprint density at radius 3 is 2.42 bits per heavy atom. The fourth-order valence-electron chi connectivity index (χ4n) is 2.22. The van der Waals surface area contributed by atoms with Crippen LogP contribution in [-0.2, 0) is 4.74 Å². The van der Waals surface area contributed by atoms with Gasteiger partial charge < -0.3 is 21.1 Å². The number of alkyl carbamates (subject to hydrolysis) is 1. The molecule has 1 saturated carbocycles. The first-order chi connectivity index (χ1) is 8.87. The maximum absolute atomic E-state index is 11.4. The van der Waals surface area contributed by atoms with E-state index in [0.29, 0.717) is 18.6 Å². The van der Waals surface area contributed by atoms with E-state index in [1.54, 1.807) is 0 Å². The topological polar surface area (TPSA) is 76.4 Å². The van der Waals surface area contributed by atoms with E-state index in [4.69, 9.17) is 10.5 Å². The van der Waals surface area contributed by atoms with Crippen molar-refractivity contribution in [3.05, 3.63) is 0 Å². The first-order valence-corrected chi connectivity index (χ1v) is 7.32. The van der Waals surface area contributed by atoms with Crippen LogP contribution in [0.4, 0.5) is 4.79 Å². The Balaban J connectivity index is 1.98. The van der Waals surface area contributed by atoms with Crippen molar-refractivity contribution in [3.8, 4) is 0 Å². The Morgan fingerprint density at radius 1 is 1.21 bits per heavy atom. The predicted molar refractivity (Wildman–Crippen MR) is 77.1 cm³/mol. The van der Waals surface area contributed by atoms with E-state index in [2.05, 4.69) is 10.6 Å². The van der Waals surface area contributed by atoms with Gasteiger partial charge in [-0.2, -0.15) is 0 Å². The number of ether oxygens (including phenoxy) is 1. The first kappa shape index (κ1) is 16.2. The van der Waals surface area contributed by atoms with Crippen molar-refractivity contribution in [2.75, 3.05) is 13.1 Å². The van der Waals surface area contributed by atoms with Crippen LogP contribution in [0.3, 0.4) is 0 Å². The summed E-state index contributed by atoms with van der Waals surface area (Å²) in [6.45, 7) is 7.16. The zero-order valence-electron chi connectivity index (χ0n) is 12.5. The third-order valence-corrected chi connectivity index (χ3v) is 3.23. The van der Waals surface area contributed by atoms with Crippen molar-refractivity contribution in [1.82, 2.24) is 10.6 Å². The van der Waals surface area contributed by atoms with Crippen LogP contribution in [0, 0.1) is 0 Å². The van der Waals surface area contributed by atoms with E-state index in [-0.39, 0.29) is 6.09 Å². The van der Waals surface area contributed by atoms with Gasteiger partial charge in [0.25, 0.3) is 0 Å². The van der Waals surface area contributed by atoms with Crippen LogP contribution in [0.2, 0.25) is 0 Å². The standard InChI is InChI=1S/C14H29N3O2/c1-14(2,3)19-13(18)17-10-4-9-16-12-7-5-11(15)6-8-12/h11-12,16H,4-10,15H2,1-3H3,(H,17,18). The van der Waals surface area contributed by atoms with Crippen molar-refractivity contribution < 1.29 is 9.53 Å². The highest BCUT2D eigenvalue weighted by molar-refractivity contribution is 5.67. The van der Waals surface area contributed by atoms with Gasteiger partial charge in [-0.25, -0.2) is 4.79 Å². The Kier molecular flexibility index (Phi) is 6.58. The number of amides is 1. The third kappa shape index (κ3) is 8.06. The van der Waals surface area contributed by atoms with Gasteiger partial charge in [-0.1, -0.05) is 0 Å². The van der Waals surface area contributed by atoms with Crippen LogP contribution in [0.15, 0.2) is 0 Å². The molecule has 112 valence electrons. The highest BCUT2D eigenvalue weighted by Gasteiger charge is 2.18. The molecule has 0 aromatic rings. The molecule has 1 rings (SSSR count). The van der Waals surface area contributed by atoms with Crippen LogP contribution in [0.5, 0.6) is 0 Å². The first-order valence-electron chi connectivity index (χ1n) is 7.32. The smallest absolute Gasteiger partial charge is 0.407 e. The number of carbonyl (C=O) groups is 1. The zero-order valence-corrected chi connectivity index (χ0v) is 12.5. The average Bonchev–Trinajstić information content (AvgIpc) is 2.29. The van der Waals surface area contributed by atoms with E-state index in [1.165, 1.54) is 12.8 Å². The second-order valence-corrected chi connectivity index (χ2v) is 6.35. The summed E-state index contributed by atoms with van der Waals surface area (Å²) < 4.78 is 5.16. The molecule has 0 saturated heterocycles. The van der Waals surface area contributed by atoms with Gasteiger partial charge in [0.05, 0.1) is 0 Å². The Morgan fingerprint density at radius 2 is 1.84 bits per heavy atom. The minimum Gasteiger partial charge on any atom is -0.444 e. The molecule has 1 fully saturated rings. The third-order valence-electron chi connectivity index (χ3n) is 3.23. The highest BCUT2D eigenvalue weighted by atomic mass is 16.6. The number of nitrogens with two attached hydrogens (primary N) is 1. The Bertz CT molecular complexity index is 268. The van der Waals surface area contributed by atoms with Gasteiger partial charge in [0.15, 0.2) is 0 Å². The fourth-order valence-corrected chi connectivity index (χ4v) is 2.22. The van der Waals surface area contributed by atoms with E-state index < -0.39 is 5.60 Å². The molecule has 0 radical (unpaired) electrons. The van der Waals surface area contributed by atoms with Crippen molar-refractivity contribution in [2.24, 2.45) is 5.73 Å². The zero-order chi connectivity index (χ0) is 14.3. The van der Waals surface area contributed by atoms with Crippen molar-refractivity contribution in [1.29, 1.82) is 0 Å². The lowest BCUT2D eigenvalue weighted by Gasteiger charge is -2.27. The summed E-state index contributed by atoms with van der Waals surface area (Å²) in [5, 5.41) is 6.28. The number of hydrogen-bond donors (Lipinski definition) is 3. The molecule has 0 bridgehead atoms. The molecule has 0 atom stereocenters. The molecular weight excluding hydrogens is 242 g/mol. The van der Waals surface area contributed by atoms with E-state index in [0.717, 1.165) is 25.8 Å². The molecular formula is C14H29N3O2. The van der Waals surface area contributed by atoms with Gasteiger partial charge in [0, 0.05) is 18.6 Å². The van der Waals surface area contributed by atoms with Gasteiger partial charge in [-0.3, -0.25) is 0 Å². The molecule has 1 amide bonds. The monoisotopic (exact) mass is 271 g/mol. The lowest BCUT2D eigenvalue weighted by Crippen LogP contribution is -2.39. The highest BCUT2D eigenvalue weighted by Crippen LogP contribution is 2.16. The van der Waals surface area contributed by atoms with E-state index in [9.17, 15) is 4.79 Å². The van der Waals surface area contributed by atoms with E-state index >= 15 is 0 Å². The predicted octanol–water partition coefficient (Wildman–Crippen LogP) is 1.76. The molecule has 0 aromatic heterocycles. The van der Waals surface area contributed by atoms with Crippen LogP contribution in [0.1, 0.15) is 52.9 Å². The van der Waals surface area contributed by atoms with Gasteiger partial charge in [0.2, 0.25) is 0 Å². The second kappa shape index (κ2) is 7.70. The molecule has 4 N–H and O–H groups in total. The van der Waals surface area contributed by atoms with Crippen molar-refractivity contribution >= 4 is 6.09 Å². The average molecular weight is 271 g/mol. The number of hydrogen-bond acceptors (Lipinski definition) is 4. The van der Waals surface area contributed by atoms with Crippen LogP contribution in [-0.4, -0.2) is 36.9 Å². The molecule has 5 heteroatoms. The van der Waals surface area contributed by atoms with Crippen molar-refractivity contribution in [2.45, 2.75) is 70.6 Å². The molecule has 0 aliphatic heterocycles. The Hall–Kier alpha value is -0.810. The summed E-state index contributed by atoms with van der Waals surface area (Å²) in [5.74, 6) is 0. The summed E-state index contributed by atoms with van der Waals surface area (Å²) in [7, 11) is 0. The number of nitrogens with one attached hydrogen (secondary N) is 2. The minimum atomic E-state index is -0.427. The van der Waals surface area contributed by atoms with Gasteiger partial charge in [-0.15, -0.1) is 0 Å². The summed E-state index contributed by atoms with van der Waals surface area (Å²) >= 11 is 0. The number of rotatable bonds is 5. The maximum atomic E-state index is 11.4. The normalized spacial score (nSPS) is 24.0. The SMILES string of the molecule is CC(C)(C)OC(=O)NCCCNC1CCC(N)CC1. The largest absolute Gasteiger partial charge is 0.444 e. The summed E-state index contributed by atoms with van der Waals surface area (Å²) in [4.78, 5) is 11.4. The quantitative estimate of drug-likeness (QED) is 0.666. The van der Waals surface area contributed by atoms with Gasteiger partial charge in [0.1, 0.15) is 5.60 Å².